The largest absolute Gasteiger partial charge is 0.465 e. The molecular weight excluding hydrogens is 412 g/mol. The van der Waals surface area contributed by atoms with E-state index >= 15 is 0 Å². The average Bonchev–Trinajstić information content (AvgIpc) is 3.06. The number of carbonyl (C=O) groups excluding carboxylic acids is 2. The first kappa shape index (κ1) is 21.3. The van der Waals surface area contributed by atoms with E-state index < -0.39 is 16.0 Å². The van der Waals surface area contributed by atoms with Gasteiger partial charge in [-0.1, -0.05) is 26.0 Å². The highest BCUT2D eigenvalue weighted by Gasteiger charge is 2.35. The highest BCUT2D eigenvalue weighted by Crippen LogP contribution is 2.37. The molecule has 1 N–H and O–H groups in total. The van der Waals surface area contributed by atoms with Crippen LogP contribution in [0.2, 0.25) is 0 Å². The molecule has 1 aliphatic heterocycles. The fourth-order valence-corrected chi connectivity index (χ4v) is 6.29. The number of carbonyl (C=O) groups is 2. The standard InChI is InChI=1S/C20H24N2O5S2/c1-12(2)18(23)22-9-8-15-16(11-22)28-20(17(15)19(24)27-4)29(25,26)21-14-7-5-6-13(3)10-14/h5-7,10,12,21H,8-9,11H2,1-4H3. The van der Waals surface area contributed by atoms with Crippen molar-refractivity contribution < 1.29 is 22.7 Å². The fourth-order valence-electron chi connectivity index (χ4n) is 3.34. The van der Waals surface area contributed by atoms with Crippen LogP contribution in [0.15, 0.2) is 28.5 Å². The lowest BCUT2D eigenvalue weighted by Crippen LogP contribution is -2.38. The number of aryl methyl sites for hydroxylation is 1. The van der Waals surface area contributed by atoms with Crippen LogP contribution < -0.4 is 4.72 Å². The summed E-state index contributed by atoms with van der Waals surface area (Å²) in [4.78, 5) is 27.2. The lowest BCUT2D eigenvalue weighted by molar-refractivity contribution is -0.135. The van der Waals surface area contributed by atoms with E-state index in [1.54, 1.807) is 23.1 Å². The molecule has 0 unspecified atom stereocenters. The van der Waals surface area contributed by atoms with Crippen LogP contribution in [-0.2, 0) is 32.5 Å². The molecule has 9 heteroatoms. The number of esters is 1. The molecule has 0 saturated carbocycles. The van der Waals surface area contributed by atoms with E-state index in [-0.39, 0.29) is 21.6 Å². The highest BCUT2D eigenvalue weighted by atomic mass is 32.2. The number of methoxy groups -OCH3 is 1. The average molecular weight is 437 g/mol. The molecule has 156 valence electrons. The van der Waals surface area contributed by atoms with Gasteiger partial charge in [0.05, 0.1) is 19.2 Å². The Morgan fingerprint density at radius 3 is 2.62 bits per heavy atom. The van der Waals surface area contributed by atoms with E-state index in [4.69, 9.17) is 4.74 Å². The van der Waals surface area contributed by atoms with Crippen molar-refractivity contribution in [2.24, 2.45) is 5.92 Å². The van der Waals surface area contributed by atoms with Gasteiger partial charge in [0.25, 0.3) is 10.0 Å². The zero-order valence-corrected chi connectivity index (χ0v) is 18.4. The maximum absolute atomic E-state index is 13.1. The number of rotatable bonds is 5. The van der Waals surface area contributed by atoms with Crippen molar-refractivity contribution in [3.05, 3.63) is 45.8 Å². The number of benzene rings is 1. The summed E-state index contributed by atoms with van der Waals surface area (Å²) in [6, 6.07) is 6.98. The first-order valence-electron chi connectivity index (χ1n) is 9.25. The number of nitrogens with one attached hydrogen (secondary N) is 1. The van der Waals surface area contributed by atoms with E-state index in [1.807, 2.05) is 26.8 Å². The number of hydrogen-bond acceptors (Lipinski definition) is 6. The van der Waals surface area contributed by atoms with Crippen molar-refractivity contribution in [2.45, 2.75) is 37.9 Å². The van der Waals surface area contributed by atoms with Gasteiger partial charge in [0, 0.05) is 23.0 Å². The zero-order chi connectivity index (χ0) is 21.3. The molecule has 3 rings (SSSR count). The molecule has 0 fully saturated rings. The number of hydrogen-bond donors (Lipinski definition) is 1. The molecule has 1 amide bonds. The van der Waals surface area contributed by atoms with Gasteiger partial charge < -0.3 is 9.64 Å². The van der Waals surface area contributed by atoms with Gasteiger partial charge in [-0.3, -0.25) is 9.52 Å². The summed E-state index contributed by atoms with van der Waals surface area (Å²) in [5.41, 5.74) is 2.05. The molecule has 0 atom stereocenters. The molecule has 1 aromatic carbocycles. The Hall–Kier alpha value is -2.39. The molecule has 0 bridgehead atoms. The van der Waals surface area contributed by atoms with Gasteiger partial charge >= 0.3 is 5.97 Å². The fraction of sp³-hybridized carbons (Fsp3) is 0.400. The van der Waals surface area contributed by atoms with Crippen molar-refractivity contribution in [1.29, 1.82) is 0 Å². The summed E-state index contributed by atoms with van der Waals surface area (Å²) in [6.07, 6.45) is 0.411. The second-order valence-corrected chi connectivity index (χ2v) is 10.3. The van der Waals surface area contributed by atoms with Gasteiger partial charge in [-0.05, 0) is 36.6 Å². The molecule has 0 aliphatic carbocycles. The first-order chi connectivity index (χ1) is 13.6. The second-order valence-electron chi connectivity index (χ2n) is 7.30. The number of anilines is 1. The van der Waals surface area contributed by atoms with Crippen LogP contribution in [0.3, 0.4) is 0 Å². The Balaban J connectivity index is 2.03. The number of ether oxygens (including phenoxy) is 1. The molecule has 0 radical (unpaired) electrons. The van der Waals surface area contributed by atoms with Crippen molar-refractivity contribution in [1.82, 2.24) is 4.90 Å². The maximum Gasteiger partial charge on any atom is 0.340 e. The third kappa shape index (κ3) is 4.30. The minimum absolute atomic E-state index is 0.00552. The Kier molecular flexibility index (Phi) is 6.00. The molecular formula is C20H24N2O5S2. The third-order valence-corrected chi connectivity index (χ3v) is 7.85. The monoisotopic (exact) mass is 436 g/mol. The number of sulfonamides is 1. The molecule has 0 spiro atoms. The summed E-state index contributed by atoms with van der Waals surface area (Å²) in [6.45, 7) is 6.25. The number of fused-ring (bicyclic) bond motifs is 1. The minimum Gasteiger partial charge on any atom is -0.465 e. The lowest BCUT2D eigenvalue weighted by atomic mass is 10.0. The minimum atomic E-state index is -4.00. The molecule has 2 heterocycles. The molecule has 1 aliphatic rings. The van der Waals surface area contributed by atoms with Crippen molar-refractivity contribution in [2.75, 3.05) is 18.4 Å². The normalized spacial score (nSPS) is 13.9. The molecule has 7 nitrogen and oxygen atoms in total. The quantitative estimate of drug-likeness (QED) is 0.727. The van der Waals surface area contributed by atoms with Gasteiger partial charge in [0.15, 0.2) is 4.21 Å². The summed E-state index contributed by atoms with van der Waals surface area (Å²) < 4.78 is 33.6. The van der Waals surface area contributed by atoms with Crippen molar-refractivity contribution in [3.63, 3.8) is 0 Å². The van der Waals surface area contributed by atoms with Crippen LogP contribution in [0, 0.1) is 12.8 Å². The van der Waals surface area contributed by atoms with Crippen LogP contribution in [0.1, 0.15) is 40.2 Å². The highest BCUT2D eigenvalue weighted by molar-refractivity contribution is 7.94. The van der Waals surface area contributed by atoms with E-state index in [9.17, 15) is 18.0 Å². The van der Waals surface area contributed by atoms with Crippen molar-refractivity contribution in [3.8, 4) is 0 Å². The van der Waals surface area contributed by atoms with Crippen LogP contribution in [0.4, 0.5) is 5.69 Å². The summed E-state index contributed by atoms with van der Waals surface area (Å²) in [7, 11) is -2.77. The van der Waals surface area contributed by atoms with Crippen LogP contribution in [-0.4, -0.2) is 38.8 Å². The smallest absolute Gasteiger partial charge is 0.340 e. The van der Waals surface area contributed by atoms with Gasteiger partial charge in [0.1, 0.15) is 0 Å². The zero-order valence-electron chi connectivity index (χ0n) is 16.8. The topological polar surface area (TPSA) is 92.8 Å². The van der Waals surface area contributed by atoms with E-state index in [1.165, 1.54) is 7.11 Å². The number of thiophene rings is 1. The van der Waals surface area contributed by atoms with E-state index in [0.29, 0.717) is 35.6 Å². The van der Waals surface area contributed by atoms with Gasteiger partial charge in [0.2, 0.25) is 5.91 Å². The lowest BCUT2D eigenvalue weighted by Gasteiger charge is -2.28. The Morgan fingerprint density at radius 1 is 1.28 bits per heavy atom. The number of nitrogens with zero attached hydrogens (tertiary/aromatic N) is 1. The third-order valence-electron chi connectivity index (χ3n) is 4.73. The predicted molar refractivity (Wildman–Crippen MR) is 112 cm³/mol. The summed E-state index contributed by atoms with van der Waals surface area (Å²) >= 11 is 1.02. The van der Waals surface area contributed by atoms with E-state index in [2.05, 4.69) is 4.72 Å². The SMILES string of the molecule is COC(=O)c1c(S(=O)(=O)Nc2cccc(C)c2)sc2c1CCN(C(=O)C(C)C)C2. The van der Waals surface area contributed by atoms with E-state index in [0.717, 1.165) is 16.9 Å². The van der Waals surface area contributed by atoms with Crippen molar-refractivity contribution >= 4 is 38.9 Å². The van der Waals surface area contributed by atoms with Crippen LogP contribution in [0.5, 0.6) is 0 Å². The first-order valence-corrected chi connectivity index (χ1v) is 11.5. The Morgan fingerprint density at radius 2 is 2.00 bits per heavy atom. The molecule has 1 aromatic heterocycles. The molecule has 0 saturated heterocycles. The predicted octanol–water partition coefficient (Wildman–Crippen LogP) is 3.18. The van der Waals surface area contributed by atoms with Gasteiger partial charge in [-0.15, -0.1) is 11.3 Å². The Labute approximate surface area is 174 Å². The van der Waals surface area contributed by atoms with Crippen LogP contribution in [0.25, 0.3) is 0 Å². The van der Waals surface area contributed by atoms with Gasteiger partial charge in [-0.25, -0.2) is 13.2 Å². The number of amides is 1. The summed E-state index contributed by atoms with van der Waals surface area (Å²) in [5.74, 6) is -0.829. The molecule has 2 aromatic rings. The van der Waals surface area contributed by atoms with Gasteiger partial charge in [-0.2, -0.15) is 0 Å². The molecule has 29 heavy (non-hydrogen) atoms. The second kappa shape index (κ2) is 8.16. The Bertz CT molecular complexity index is 1060. The van der Waals surface area contributed by atoms with Crippen LogP contribution >= 0.6 is 11.3 Å². The summed E-state index contributed by atoms with van der Waals surface area (Å²) in [5, 5.41) is 0. The maximum atomic E-state index is 13.1.